The number of alkyl halides is 1. The predicted octanol–water partition coefficient (Wildman–Crippen LogP) is 15.9. The maximum Gasteiger partial charge on any atom is 0.322 e. The number of thioether (sulfide) groups is 3. The molecule has 17 nitrogen and oxygen atoms in total. The van der Waals surface area contributed by atoms with Gasteiger partial charge in [0.15, 0.2) is 0 Å². The Balaban J connectivity index is -0.0000000730. The molecule has 0 aromatic heterocycles. The number of aldehydes is 4. The summed E-state index contributed by atoms with van der Waals surface area (Å²) in [6, 6.07) is 36.0. The summed E-state index contributed by atoms with van der Waals surface area (Å²) in [5.74, 6) is 5.29. The molecule has 2 unspecified atom stereocenters. The van der Waals surface area contributed by atoms with Gasteiger partial charge >= 0.3 is 12.1 Å². The Morgan fingerprint density at radius 3 is 1.04 bits per heavy atom. The third-order valence-corrected chi connectivity index (χ3v) is 14.3. The first kappa shape index (κ1) is 127. The standard InChI is InChI=1S/C15H20N2O3.C14H18N2O3S.C12H16O2S.C9H10O2S.C6H6OS.C4H10.C3H4O.C2H3ClO.7CH4.6B/c1-2-10-20-12-8-6-11(7-9-12)4-3-5-13-14(18)17-15(19)16-13;1-2-8-19-10-3-5-11(6-4-10)20-9-7-12-13(17)16-14(18)15-12;1-2-9-14-11-4-6-12(7-5-11)15-10-3-8-13;10-6-1-7-12-9-4-2-8(11)3-5-9;7-5-1-3-6(8)4-2-5;1-3-4-2;1-2-3-4;3-1-2-4;;;;;;;;;;;;;/h6-9,13H,2-5,10H2,1H3,(H2,16,17,18,19);3-6,12H,2,7-9H2,1H3,(H2,15,16,17,18);4-8H,2-3,9-10H2,1H3;2-6,11H,1,7H2;1-4,7-8H;3-4H2,1-2H3;2-3H,1H2;2H,1H2;7*1H4;;;;;;. The van der Waals surface area contributed by atoms with Crippen molar-refractivity contribution in [1.82, 2.24) is 21.3 Å². The molecule has 5 aromatic rings. The van der Waals surface area contributed by atoms with Crippen LogP contribution in [0.3, 0.4) is 0 Å². The Kier molecular flexibility index (Phi) is 110. The van der Waals surface area contributed by atoms with E-state index in [0.717, 1.165) is 114 Å². The second-order valence-corrected chi connectivity index (χ2v) is 22.3. The van der Waals surface area contributed by atoms with Gasteiger partial charge in [-0.3, -0.25) is 25.0 Å². The monoisotopic (exact) mass is 1470 g/mol. The number of nitrogens with one attached hydrogen (secondary N) is 4. The fourth-order valence-electron chi connectivity index (χ4n) is 6.25. The number of rotatable bonds is 28. The van der Waals surface area contributed by atoms with E-state index in [-0.39, 0.29) is 138 Å². The molecule has 6 amide bonds. The molecule has 18 radical (unpaired) electrons. The predicted molar refractivity (Wildman–Crippen MR) is 437 cm³/mol. The van der Waals surface area contributed by atoms with Gasteiger partial charge in [-0.05, 0) is 166 Å². The van der Waals surface area contributed by atoms with Crippen molar-refractivity contribution in [2.24, 2.45) is 0 Å². The fraction of sp³-hybridized carbons (Fsp3) is 0.444. The molecule has 0 bridgehead atoms. The maximum absolute atomic E-state index is 11.4. The highest BCUT2D eigenvalue weighted by molar-refractivity contribution is 7.99. The SMILES string of the molecule is C.C.C.C.C.C.C.C=CC=O.CCCC.CCCOc1ccc(CCCC2NC(=O)NC2=O)cc1.CCCOc1ccc(SCCC2NC(=O)NC2=O)cc1.CCCOc1ccc(SCCC=O)cc1.O=CCCSc1ccc(O)cc1.O=CCCl.Oc1ccc(S)cc1.[B].[B].[B].[B].[B].[B]. The summed E-state index contributed by atoms with van der Waals surface area (Å²) in [5, 5.41) is 27.3. The van der Waals surface area contributed by atoms with Gasteiger partial charge in [0, 0.05) is 100 Å². The minimum atomic E-state index is -0.401. The van der Waals surface area contributed by atoms with Crippen LogP contribution >= 0.6 is 59.5 Å². The largest absolute Gasteiger partial charge is 0.508 e. The normalized spacial score (nSPS) is 11.2. The van der Waals surface area contributed by atoms with Crippen molar-refractivity contribution in [2.75, 3.05) is 43.0 Å². The second-order valence-electron chi connectivity index (χ2n) is 18.0. The number of unbranched alkanes of at least 4 members (excludes halogenated alkanes) is 1. The first-order chi connectivity index (χ1) is 42.1. The number of thiol groups is 1. The van der Waals surface area contributed by atoms with Gasteiger partial charge in [-0.1, -0.05) is 118 Å². The third kappa shape index (κ3) is 68.6. The number of aryl methyl sites for hydroxylation is 1. The minimum absolute atomic E-state index is 0. The fourth-order valence-corrected chi connectivity index (χ4v) is 8.87. The van der Waals surface area contributed by atoms with Crippen LogP contribution in [0.15, 0.2) is 154 Å². The smallest absolute Gasteiger partial charge is 0.322 e. The van der Waals surface area contributed by atoms with Crippen molar-refractivity contribution >= 4 is 159 Å². The van der Waals surface area contributed by atoms with Crippen LogP contribution in [0.4, 0.5) is 9.59 Å². The number of benzene rings is 5. The molecule has 6 N–H and O–H groups in total. The van der Waals surface area contributed by atoms with E-state index >= 15 is 0 Å². The number of urea groups is 2. The van der Waals surface area contributed by atoms with E-state index in [1.54, 1.807) is 71.7 Å². The number of carbonyl (C=O) groups excluding carboxylic acids is 8. The zero-order valence-electron chi connectivity index (χ0n) is 53.9. The number of hydrogen-bond donors (Lipinski definition) is 7. The number of imide groups is 2. The summed E-state index contributed by atoms with van der Waals surface area (Å²) in [6.45, 7) is 15.9. The number of aromatic hydroxyl groups is 2. The van der Waals surface area contributed by atoms with Crippen LogP contribution in [-0.4, -0.2) is 165 Å². The zero-order valence-corrected chi connectivity index (χ0v) is 58.0. The van der Waals surface area contributed by atoms with Gasteiger partial charge in [0.25, 0.3) is 11.8 Å². The van der Waals surface area contributed by atoms with E-state index < -0.39 is 18.1 Å². The summed E-state index contributed by atoms with van der Waals surface area (Å²) in [4.78, 5) is 87.1. The number of halogens is 1. The van der Waals surface area contributed by atoms with Crippen LogP contribution in [0, 0.1) is 0 Å². The first-order valence-electron chi connectivity index (χ1n) is 28.6. The number of phenolic OH excluding ortho intramolecular Hbond substituents is 2. The van der Waals surface area contributed by atoms with Crippen molar-refractivity contribution in [1.29, 1.82) is 0 Å². The Morgan fingerprint density at radius 2 is 0.770 bits per heavy atom. The lowest BCUT2D eigenvalue weighted by atomic mass is 10.0. The third-order valence-electron chi connectivity index (χ3n) is 10.7. The summed E-state index contributed by atoms with van der Waals surface area (Å²) >= 11 is 13.8. The summed E-state index contributed by atoms with van der Waals surface area (Å²) in [5.41, 5.74) is 1.21. The maximum atomic E-state index is 11.4. The van der Waals surface area contributed by atoms with Crippen molar-refractivity contribution in [3.63, 3.8) is 0 Å². The topological polar surface area (TPSA) is 253 Å². The van der Waals surface area contributed by atoms with Crippen LogP contribution in [-0.2, 0) is 35.2 Å². The average molecular weight is 1470 g/mol. The Bertz CT molecular complexity index is 2560. The summed E-state index contributed by atoms with van der Waals surface area (Å²) < 4.78 is 16.5. The molecule has 2 saturated heterocycles. The molecule has 7 rings (SSSR count). The van der Waals surface area contributed by atoms with Crippen LogP contribution < -0.4 is 35.5 Å². The molecule has 28 heteroatoms. The van der Waals surface area contributed by atoms with Gasteiger partial charge in [0.05, 0.1) is 25.7 Å². The van der Waals surface area contributed by atoms with Gasteiger partial charge in [0.1, 0.15) is 66.0 Å². The highest BCUT2D eigenvalue weighted by Crippen LogP contribution is 2.25. The number of hydrogen-bond acceptors (Lipinski definition) is 17. The lowest BCUT2D eigenvalue weighted by Crippen LogP contribution is -2.29. The molecule has 0 spiro atoms. The van der Waals surface area contributed by atoms with Crippen molar-refractivity contribution in [3.05, 3.63) is 140 Å². The van der Waals surface area contributed by atoms with Crippen LogP contribution in [0.25, 0.3) is 0 Å². The highest BCUT2D eigenvalue weighted by Gasteiger charge is 2.29. The molecule has 2 heterocycles. The van der Waals surface area contributed by atoms with E-state index in [9.17, 15) is 28.8 Å². The number of ether oxygens (including phenoxy) is 3. The molecule has 550 valence electrons. The molecule has 2 atom stereocenters. The Morgan fingerprint density at radius 1 is 0.470 bits per heavy atom. The first-order valence-corrected chi connectivity index (χ1v) is 32.5. The summed E-state index contributed by atoms with van der Waals surface area (Å²) in [6.07, 6.45) is 14.2. The van der Waals surface area contributed by atoms with Gasteiger partial charge in [-0.25, -0.2) is 9.59 Å². The number of carbonyl (C=O) groups is 8. The quantitative estimate of drug-likeness (QED) is 0.00359. The second kappa shape index (κ2) is 86.7. The van der Waals surface area contributed by atoms with Crippen molar-refractivity contribution < 1.29 is 62.8 Å². The molecular weight excluding hydrogens is 1360 g/mol. The highest BCUT2D eigenvalue weighted by atomic mass is 35.5. The van der Waals surface area contributed by atoms with E-state index in [1.165, 1.54) is 29.4 Å². The molecule has 0 saturated carbocycles. The van der Waals surface area contributed by atoms with Gasteiger partial charge < -0.3 is 49.4 Å². The van der Waals surface area contributed by atoms with Crippen LogP contribution in [0.1, 0.15) is 156 Å². The average Bonchev–Trinajstić information content (AvgIpc) is 1.66. The molecule has 0 aliphatic carbocycles. The lowest BCUT2D eigenvalue weighted by molar-refractivity contribution is -0.121. The van der Waals surface area contributed by atoms with Crippen molar-refractivity contribution in [2.45, 2.75) is 189 Å². The Labute approximate surface area is 639 Å². The van der Waals surface area contributed by atoms with Gasteiger partial charge in [-0.2, -0.15) is 0 Å². The van der Waals surface area contributed by atoms with E-state index in [1.807, 2.05) is 84.9 Å². The van der Waals surface area contributed by atoms with Crippen LogP contribution in [0.2, 0.25) is 0 Å². The van der Waals surface area contributed by atoms with E-state index in [2.05, 4.69) is 75.1 Å². The molecule has 2 fully saturated rings. The molecular formula is C72H115B6ClN4O13S4. The molecule has 2 aliphatic heterocycles. The number of phenols is 2. The van der Waals surface area contributed by atoms with Crippen LogP contribution in [0.5, 0.6) is 28.7 Å². The number of allylic oxidation sites excluding steroid dienone is 1. The minimum Gasteiger partial charge on any atom is -0.508 e. The Hall–Kier alpha value is -6.52. The van der Waals surface area contributed by atoms with E-state index in [0.29, 0.717) is 38.3 Å². The molecule has 2 aliphatic rings. The zero-order chi connectivity index (χ0) is 64.7. The van der Waals surface area contributed by atoms with Crippen molar-refractivity contribution in [3.8, 4) is 28.7 Å². The number of amides is 6. The summed E-state index contributed by atoms with van der Waals surface area (Å²) in [7, 11) is 0. The lowest BCUT2D eigenvalue weighted by Gasteiger charge is -2.08. The molecule has 5 aromatic carbocycles. The molecule has 100 heavy (non-hydrogen) atoms. The van der Waals surface area contributed by atoms with E-state index in [4.69, 9.17) is 45.6 Å². The van der Waals surface area contributed by atoms with Gasteiger partial charge in [-0.15, -0.1) is 59.5 Å². The van der Waals surface area contributed by atoms with Gasteiger partial charge in [0.2, 0.25) is 0 Å².